The third-order valence-corrected chi connectivity index (χ3v) is 11.2. The summed E-state index contributed by atoms with van der Waals surface area (Å²) in [6.45, 7) is 8.09. The molecular weight excluding hydrogens is 681 g/mol. The summed E-state index contributed by atoms with van der Waals surface area (Å²) >= 11 is 0. The van der Waals surface area contributed by atoms with Crippen LogP contribution in [0.4, 0.5) is 0 Å². The summed E-state index contributed by atoms with van der Waals surface area (Å²) in [4.78, 5) is 10.1. The Kier molecular flexibility index (Phi) is 7.13. The Morgan fingerprint density at radius 3 is 1.64 bits per heavy atom. The number of aromatic nitrogens is 4. The Labute approximate surface area is 323 Å². The maximum absolute atomic E-state index is 5.13. The molecule has 3 heterocycles. The van der Waals surface area contributed by atoms with Gasteiger partial charge in [-0.15, -0.1) is 0 Å². The van der Waals surface area contributed by atoms with Crippen LogP contribution in [0, 0.1) is 0 Å². The maximum Gasteiger partial charge on any atom is 0.146 e. The van der Waals surface area contributed by atoms with Crippen molar-refractivity contribution in [3.8, 4) is 39.3 Å². The van der Waals surface area contributed by atoms with Crippen LogP contribution in [0.15, 0.2) is 183 Å². The van der Waals surface area contributed by atoms with Gasteiger partial charge in [0, 0.05) is 22.0 Å². The number of pyridine rings is 1. The van der Waals surface area contributed by atoms with E-state index in [1.807, 2.05) is 24.3 Å². The second-order valence-electron chi connectivity index (χ2n) is 14.4. The highest BCUT2D eigenvalue weighted by atomic mass is 15.1. The molecule has 0 fully saturated rings. The van der Waals surface area contributed by atoms with E-state index in [2.05, 4.69) is 174 Å². The van der Waals surface area contributed by atoms with Crippen molar-refractivity contribution in [3.63, 3.8) is 0 Å². The van der Waals surface area contributed by atoms with Crippen molar-refractivity contribution in [1.29, 1.82) is 0 Å². The minimum absolute atomic E-state index is 0.813. The smallest absolute Gasteiger partial charge is 0.146 e. The lowest BCUT2D eigenvalue weighted by Gasteiger charge is -2.12. The fourth-order valence-electron chi connectivity index (χ4n) is 8.49. The van der Waals surface area contributed by atoms with Gasteiger partial charge < -0.3 is 0 Å². The zero-order valence-electron chi connectivity index (χ0n) is 30.5. The van der Waals surface area contributed by atoms with Crippen LogP contribution in [0.5, 0.6) is 0 Å². The van der Waals surface area contributed by atoms with E-state index in [1.165, 1.54) is 54.7 Å². The number of para-hydroxylation sites is 4. The summed E-state index contributed by atoms with van der Waals surface area (Å²) in [5, 5.41) is 8.34. The molecular formula is C52H34N4. The van der Waals surface area contributed by atoms with E-state index in [1.54, 1.807) is 6.08 Å². The summed E-state index contributed by atoms with van der Waals surface area (Å²) in [5.41, 5.74) is 12.8. The number of rotatable bonds is 6. The molecule has 0 N–H and O–H groups in total. The predicted octanol–water partition coefficient (Wildman–Crippen LogP) is 13.6. The van der Waals surface area contributed by atoms with Gasteiger partial charge in [-0.1, -0.05) is 122 Å². The molecule has 0 unspecified atom stereocenters. The van der Waals surface area contributed by atoms with E-state index >= 15 is 0 Å². The second-order valence-corrected chi connectivity index (χ2v) is 14.4. The molecule has 0 aliphatic carbocycles. The van der Waals surface area contributed by atoms with Gasteiger partial charge in [-0.3, -0.25) is 8.97 Å². The number of fused-ring (bicyclic) bond motifs is 10. The van der Waals surface area contributed by atoms with Gasteiger partial charge in [-0.25, -0.2) is 9.97 Å². The van der Waals surface area contributed by atoms with Crippen LogP contribution >= 0.6 is 0 Å². The second kappa shape index (κ2) is 12.5. The van der Waals surface area contributed by atoms with Crippen LogP contribution in [0.25, 0.3) is 111 Å². The molecule has 0 bridgehead atoms. The Morgan fingerprint density at radius 2 is 0.982 bits per heavy atom. The first-order valence-corrected chi connectivity index (χ1v) is 18.9. The third kappa shape index (κ3) is 4.93. The van der Waals surface area contributed by atoms with Crippen LogP contribution in [-0.4, -0.2) is 18.9 Å². The highest BCUT2D eigenvalue weighted by Crippen LogP contribution is 2.37. The largest absolute Gasteiger partial charge is 0.292 e. The quantitative estimate of drug-likeness (QED) is 0.161. The van der Waals surface area contributed by atoms with Crippen LogP contribution in [0.1, 0.15) is 11.4 Å². The van der Waals surface area contributed by atoms with E-state index < -0.39 is 0 Å². The van der Waals surface area contributed by atoms with Gasteiger partial charge in [-0.05, 0) is 122 Å². The molecule has 0 saturated carbocycles. The lowest BCUT2D eigenvalue weighted by molar-refractivity contribution is 1.05. The molecule has 56 heavy (non-hydrogen) atoms. The van der Waals surface area contributed by atoms with E-state index in [9.17, 15) is 0 Å². The van der Waals surface area contributed by atoms with Crippen molar-refractivity contribution in [3.05, 3.63) is 194 Å². The fourth-order valence-corrected chi connectivity index (χ4v) is 8.49. The van der Waals surface area contributed by atoms with Gasteiger partial charge in [0.25, 0.3) is 0 Å². The first kappa shape index (κ1) is 31.9. The average molecular weight is 715 g/mol. The molecule has 262 valence electrons. The first-order valence-electron chi connectivity index (χ1n) is 18.9. The number of benzene rings is 8. The minimum atomic E-state index is 0.813. The van der Waals surface area contributed by atoms with Crippen LogP contribution in [0.2, 0.25) is 0 Å². The third-order valence-electron chi connectivity index (χ3n) is 11.2. The lowest BCUT2D eigenvalue weighted by atomic mass is 9.95. The topological polar surface area (TPSA) is 35.1 Å². The summed E-state index contributed by atoms with van der Waals surface area (Å²) in [5.74, 6) is 0.862. The van der Waals surface area contributed by atoms with E-state index in [0.29, 0.717) is 0 Å². The molecule has 4 nitrogen and oxygen atoms in total. The Balaban J connectivity index is 0.950. The Hall–Kier alpha value is -7.56. The summed E-state index contributed by atoms with van der Waals surface area (Å²) < 4.78 is 4.46. The molecule has 0 amide bonds. The lowest BCUT2D eigenvalue weighted by Crippen LogP contribution is -1.99. The van der Waals surface area contributed by atoms with Gasteiger partial charge in [0.2, 0.25) is 0 Å². The molecule has 4 heteroatoms. The Morgan fingerprint density at radius 1 is 0.429 bits per heavy atom. The molecule has 8 aromatic carbocycles. The average Bonchev–Trinajstić information content (AvgIpc) is 3.85. The van der Waals surface area contributed by atoms with Crippen molar-refractivity contribution >= 4 is 72.1 Å². The molecule has 0 aliphatic heterocycles. The maximum atomic E-state index is 5.13. The van der Waals surface area contributed by atoms with Gasteiger partial charge in [-0.2, -0.15) is 0 Å². The van der Waals surface area contributed by atoms with Crippen LogP contribution < -0.4 is 0 Å². The standard InChI is InChI=1S/C52H34N4/c1-3-46-48(4-2)55(42-12-6-5-7-13-42)51(53-46)41-25-24-37-29-35(21-23-39(37)31-41)33-18-19-36-30-38(22-20-34(36)28-33)40-26-27-43-44-14-8-10-16-49(44)56-50-17-11-9-15-47(50)54-52(56)45(43)32-40/h3-32H,1-2H2. The van der Waals surface area contributed by atoms with Crippen molar-refractivity contribution in [1.82, 2.24) is 18.9 Å². The SMILES string of the molecule is C=Cc1nc(-c2ccc3cc(-c4ccc5cc(-c6ccc7c8ccccc8n8c9ccccc9nc8c7c6)ccc5c4)ccc3c2)n(-c2ccccc2)c1C=C. The highest BCUT2D eigenvalue weighted by Gasteiger charge is 2.18. The number of hydrogen-bond donors (Lipinski definition) is 0. The minimum Gasteiger partial charge on any atom is -0.292 e. The molecule has 0 aliphatic rings. The van der Waals surface area contributed by atoms with E-state index in [0.717, 1.165) is 55.9 Å². The van der Waals surface area contributed by atoms with Crippen molar-refractivity contribution in [2.24, 2.45) is 0 Å². The van der Waals surface area contributed by atoms with Gasteiger partial charge in [0.1, 0.15) is 11.5 Å². The van der Waals surface area contributed by atoms with Crippen LogP contribution in [-0.2, 0) is 0 Å². The van der Waals surface area contributed by atoms with Crippen molar-refractivity contribution in [2.45, 2.75) is 0 Å². The highest BCUT2D eigenvalue weighted by molar-refractivity contribution is 6.14. The molecule has 0 saturated heterocycles. The Bertz CT molecular complexity index is 3400. The van der Waals surface area contributed by atoms with Gasteiger partial charge >= 0.3 is 0 Å². The predicted molar refractivity (Wildman–Crippen MR) is 236 cm³/mol. The number of nitrogens with zero attached hydrogens (tertiary/aromatic N) is 4. The van der Waals surface area contributed by atoms with E-state index in [4.69, 9.17) is 9.97 Å². The molecule has 3 aromatic heterocycles. The summed E-state index contributed by atoms with van der Waals surface area (Å²) in [7, 11) is 0. The zero-order valence-corrected chi connectivity index (χ0v) is 30.5. The molecule has 0 radical (unpaired) electrons. The molecule has 0 atom stereocenters. The van der Waals surface area contributed by atoms with Gasteiger partial charge in [0.15, 0.2) is 0 Å². The van der Waals surface area contributed by atoms with Crippen molar-refractivity contribution in [2.75, 3.05) is 0 Å². The monoisotopic (exact) mass is 714 g/mol. The zero-order chi connectivity index (χ0) is 37.3. The molecule has 11 rings (SSSR count). The molecule has 11 aromatic rings. The van der Waals surface area contributed by atoms with Gasteiger partial charge in [0.05, 0.1) is 27.9 Å². The summed E-state index contributed by atoms with van der Waals surface area (Å²) in [6.07, 6.45) is 3.64. The van der Waals surface area contributed by atoms with Crippen LogP contribution in [0.3, 0.4) is 0 Å². The fraction of sp³-hybridized carbons (Fsp3) is 0. The first-order chi connectivity index (χ1) is 27.6. The number of hydrogen-bond acceptors (Lipinski definition) is 2. The van der Waals surface area contributed by atoms with Crippen molar-refractivity contribution < 1.29 is 0 Å². The summed E-state index contributed by atoms with van der Waals surface area (Å²) in [6, 6.07) is 61.0. The van der Waals surface area contributed by atoms with E-state index in [-0.39, 0.29) is 0 Å². The molecule has 0 spiro atoms. The normalized spacial score (nSPS) is 11.7. The number of imidazole rings is 2.